The topological polar surface area (TPSA) is 105 Å². The van der Waals surface area contributed by atoms with Gasteiger partial charge in [0.2, 0.25) is 0 Å². The second kappa shape index (κ2) is 12.5. The van der Waals surface area contributed by atoms with E-state index >= 15 is 0 Å². The minimum Gasteiger partial charge on any atom is -0.465 e. The van der Waals surface area contributed by atoms with Crippen molar-refractivity contribution in [2.24, 2.45) is 5.41 Å². The quantitative estimate of drug-likeness (QED) is 0.274. The minimum absolute atomic E-state index is 0.182. The fourth-order valence-corrected chi connectivity index (χ4v) is 1.61. The third-order valence-corrected chi connectivity index (χ3v) is 3.06. The lowest BCUT2D eigenvalue weighted by atomic mass is 9.92. The molecule has 0 rings (SSSR count). The second-order valence-corrected chi connectivity index (χ2v) is 5.35. The van der Waals surface area contributed by atoms with Gasteiger partial charge in [-0.1, -0.05) is 26.7 Å². The molecule has 144 valence electrons. The van der Waals surface area contributed by atoms with Gasteiger partial charge in [-0.25, -0.2) is 14.4 Å². The summed E-state index contributed by atoms with van der Waals surface area (Å²) >= 11 is 0. The van der Waals surface area contributed by atoms with Crippen molar-refractivity contribution in [1.29, 1.82) is 0 Å². The van der Waals surface area contributed by atoms with Gasteiger partial charge < -0.3 is 18.9 Å². The van der Waals surface area contributed by atoms with Crippen LogP contribution in [-0.4, -0.2) is 50.3 Å². The van der Waals surface area contributed by atoms with Crippen molar-refractivity contribution < 1.29 is 38.1 Å². The molecule has 8 nitrogen and oxygen atoms in total. The molecule has 0 saturated carbocycles. The van der Waals surface area contributed by atoms with Crippen LogP contribution in [0.15, 0.2) is 38.0 Å². The number of hydrogen-bond donors (Lipinski definition) is 0. The standard InChI is InChI=1S/C18H24O8/c1-5-9-17(22)26-13-18(10-23-14(19)6-2,11-24-15(20)7-3)12-25-16(21)8-4/h6-8H,2-5,9-13H2,1H3. The lowest BCUT2D eigenvalue weighted by Crippen LogP contribution is -2.43. The van der Waals surface area contributed by atoms with Gasteiger partial charge in [0, 0.05) is 24.6 Å². The molecule has 0 aliphatic heterocycles. The Balaban J connectivity index is 5.34. The first kappa shape index (κ1) is 23.1. The van der Waals surface area contributed by atoms with Crippen molar-refractivity contribution in [2.75, 3.05) is 26.4 Å². The van der Waals surface area contributed by atoms with E-state index in [4.69, 9.17) is 18.9 Å². The van der Waals surface area contributed by atoms with Gasteiger partial charge in [-0.2, -0.15) is 0 Å². The van der Waals surface area contributed by atoms with Crippen molar-refractivity contribution in [2.45, 2.75) is 19.8 Å². The summed E-state index contributed by atoms with van der Waals surface area (Å²) in [4.78, 5) is 45.9. The Morgan fingerprint density at radius 3 is 1.38 bits per heavy atom. The highest BCUT2D eigenvalue weighted by atomic mass is 16.6. The summed E-state index contributed by atoms with van der Waals surface area (Å²) in [6.07, 6.45) is 3.59. The maximum absolute atomic E-state index is 11.7. The molecule has 0 atom stereocenters. The van der Waals surface area contributed by atoms with Crippen LogP contribution in [-0.2, 0) is 38.1 Å². The Bertz CT molecular complexity index is 490. The molecule has 0 spiro atoms. The van der Waals surface area contributed by atoms with E-state index < -0.39 is 29.3 Å². The van der Waals surface area contributed by atoms with Crippen LogP contribution in [0.3, 0.4) is 0 Å². The Morgan fingerprint density at radius 2 is 1.08 bits per heavy atom. The predicted octanol–water partition coefficient (Wildman–Crippen LogP) is 1.50. The zero-order valence-electron chi connectivity index (χ0n) is 14.9. The maximum Gasteiger partial charge on any atom is 0.330 e. The highest BCUT2D eigenvalue weighted by Crippen LogP contribution is 2.22. The Hall–Kier alpha value is -2.90. The lowest BCUT2D eigenvalue weighted by molar-refractivity contribution is -0.166. The largest absolute Gasteiger partial charge is 0.465 e. The first-order valence-corrected chi connectivity index (χ1v) is 7.85. The van der Waals surface area contributed by atoms with E-state index in [1.54, 1.807) is 6.92 Å². The van der Waals surface area contributed by atoms with E-state index in [2.05, 4.69) is 19.7 Å². The van der Waals surface area contributed by atoms with E-state index in [0.29, 0.717) is 6.42 Å². The summed E-state index contributed by atoms with van der Waals surface area (Å²) in [6, 6.07) is 0. The molecule has 0 bridgehead atoms. The van der Waals surface area contributed by atoms with Gasteiger partial charge in [0.05, 0.1) is 0 Å². The van der Waals surface area contributed by atoms with Gasteiger partial charge in [-0.15, -0.1) is 0 Å². The zero-order chi connectivity index (χ0) is 20.0. The summed E-state index contributed by atoms with van der Waals surface area (Å²) in [6.45, 7) is 10.3. The molecule has 0 N–H and O–H groups in total. The van der Waals surface area contributed by atoms with Crippen molar-refractivity contribution in [3.63, 3.8) is 0 Å². The molecule has 0 aliphatic rings. The molecule has 0 aromatic rings. The molecule has 0 aromatic heterocycles. The van der Waals surface area contributed by atoms with E-state index in [1.165, 1.54) is 0 Å². The summed E-state index contributed by atoms with van der Waals surface area (Å²) in [5.74, 6) is -2.70. The molecule has 0 heterocycles. The third kappa shape index (κ3) is 9.41. The van der Waals surface area contributed by atoms with Crippen molar-refractivity contribution >= 4 is 23.9 Å². The molecule has 0 saturated heterocycles. The Labute approximate surface area is 152 Å². The van der Waals surface area contributed by atoms with Gasteiger partial charge in [0.15, 0.2) is 0 Å². The molecule has 0 radical (unpaired) electrons. The number of esters is 4. The number of ether oxygens (including phenoxy) is 4. The molecule has 0 aliphatic carbocycles. The average molecular weight is 368 g/mol. The van der Waals surface area contributed by atoms with Crippen LogP contribution in [0.2, 0.25) is 0 Å². The first-order valence-electron chi connectivity index (χ1n) is 7.85. The number of hydrogen-bond acceptors (Lipinski definition) is 8. The second-order valence-electron chi connectivity index (χ2n) is 5.35. The summed E-state index contributed by atoms with van der Waals surface area (Å²) in [5.41, 5.74) is -1.29. The van der Waals surface area contributed by atoms with Crippen LogP contribution >= 0.6 is 0 Å². The molecule has 0 fully saturated rings. The molecule has 26 heavy (non-hydrogen) atoms. The highest BCUT2D eigenvalue weighted by Gasteiger charge is 2.37. The van der Waals surface area contributed by atoms with Crippen LogP contribution in [0, 0.1) is 5.41 Å². The predicted molar refractivity (Wildman–Crippen MR) is 91.8 cm³/mol. The van der Waals surface area contributed by atoms with Crippen molar-refractivity contribution in [3.05, 3.63) is 38.0 Å². The fraction of sp³-hybridized carbons (Fsp3) is 0.444. The van der Waals surface area contributed by atoms with Crippen molar-refractivity contribution in [1.82, 2.24) is 0 Å². The summed E-state index contributed by atoms with van der Waals surface area (Å²) in [5, 5.41) is 0. The smallest absolute Gasteiger partial charge is 0.330 e. The molecule has 8 heteroatoms. The zero-order valence-corrected chi connectivity index (χ0v) is 14.9. The van der Waals surface area contributed by atoms with E-state index in [1.807, 2.05) is 0 Å². The van der Waals surface area contributed by atoms with Crippen LogP contribution in [0.25, 0.3) is 0 Å². The fourth-order valence-electron chi connectivity index (χ4n) is 1.61. The van der Waals surface area contributed by atoms with Crippen LogP contribution < -0.4 is 0 Å². The van der Waals surface area contributed by atoms with Gasteiger partial charge >= 0.3 is 23.9 Å². The van der Waals surface area contributed by atoms with E-state index in [9.17, 15) is 19.2 Å². The molecular weight excluding hydrogens is 344 g/mol. The Morgan fingerprint density at radius 1 is 0.731 bits per heavy atom. The molecule has 0 aromatic carbocycles. The number of carbonyl (C=O) groups excluding carboxylic acids is 4. The van der Waals surface area contributed by atoms with E-state index in [-0.39, 0.29) is 32.8 Å². The van der Waals surface area contributed by atoms with Crippen LogP contribution in [0.4, 0.5) is 0 Å². The first-order chi connectivity index (χ1) is 12.3. The van der Waals surface area contributed by atoms with Gasteiger partial charge in [0.25, 0.3) is 0 Å². The van der Waals surface area contributed by atoms with Crippen LogP contribution in [0.5, 0.6) is 0 Å². The monoisotopic (exact) mass is 368 g/mol. The lowest BCUT2D eigenvalue weighted by Gasteiger charge is -2.31. The molecular formula is C18H24O8. The summed E-state index contributed by atoms with van der Waals surface area (Å²) < 4.78 is 20.2. The third-order valence-electron chi connectivity index (χ3n) is 3.06. The minimum atomic E-state index is -1.29. The van der Waals surface area contributed by atoms with Crippen molar-refractivity contribution in [3.8, 4) is 0 Å². The number of carbonyl (C=O) groups is 4. The van der Waals surface area contributed by atoms with Gasteiger partial charge in [-0.05, 0) is 6.42 Å². The SMILES string of the molecule is C=CC(=O)OCC(COC(=O)C=C)(COC(=O)C=C)COC(=O)CCC. The number of rotatable bonds is 13. The van der Waals surface area contributed by atoms with E-state index in [0.717, 1.165) is 18.2 Å². The van der Waals surface area contributed by atoms with Crippen LogP contribution in [0.1, 0.15) is 19.8 Å². The maximum atomic E-state index is 11.7. The van der Waals surface area contributed by atoms with Gasteiger partial charge in [-0.3, -0.25) is 4.79 Å². The highest BCUT2D eigenvalue weighted by molar-refractivity contribution is 5.82. The van der Waals surface area contributed by atoms with Gasteiger partial charge in [0.1, 0.15) is 31.8 Å². The molecule has 0 amide bonds. The Kier molecular flexibility index (Phi) is 11.1. The average Bonchev–Trinajstić information content (AvgIpc) is 2.65. The molecule has 0 unspecified atom stereocenters. The normalized spacial score (nSPS) is 10.2. The summed E-state index contributed by atoms with van der Waals surface area (Å²) in [7, 11) is 0.